The van der Waals surface area contributed by atoms with Crippen LogP contribution < -0.4 is 0 Å². The first kappa shape index (κ1) is 5.50. The van der Waals surface area contributed by atoms with Gasteiger partial charge in [0.2, 0.25) is 0 Å². The Bertz CT molecular complexity index is 174. The fourth-order valence-corrected chi connectivity index (χ4v) is 0.767. The van der Waals surface area contributed by atoms with Crippen LogP contribution in [0.1, 0.15) is 0 Å². The Balaban J connectivity index is 2.84. The van der Waals surface area contributed by atoms with Gasteiger partial charge < -0.3 is 5.21 Å². The van der Waals surface area contributed by atoms with Gasteiger partial charge in [0.15, 0.2) is 0 Å². The average molecular weight is 130 g/mol. The van der Waals surface area contributed by atoms with Crippen molar-refractivity contribution in [1.82, 2.24) is 9.71 Å². The van der Waals surface area contributed by atoms with E-state index < -0.39 is 0 Å². The van der Waals surface area contributed by atoms with Crippen LogP contribution >= 0.6 is 11.8 Å². The van der Waals surface area contributed by atoms with Crippen molar-refractivity contribution in [3.63, 3.8) is 0 Å². The van der Waals surface area contributed by atoms with Crippen LogP contribution in [0.25, 0.3) is 0 Å². The SMILES string of the molecule is CSc1cn(O)cn1. The average Bonchev–Trinajstić information content (AvgIpc) is 2.14. The Labute approximate surface area is 51.3 Å². The van der Waals surface area contributed by atoms with E-state index >= 15 is 0 Å². The molecule has 0 radical (unpaired) electrons. The Morgan fingerprint density at radius 3 is 2.88 bits per heavy atom. The van der Waals surface area contributed by atoms with Gasteiger partial charge >= 0.3 is 0 Å². The number of nitrogens with zero attached hydrogens (tertiary/aromatic N) is 2. The standard InChI is InChI=1S/C4H6N2OS/c1-8-4-2-6(7)3-5-4/h2-3,7H,1H3. The summed E-state index contributed by atoms with van der Waals surface area (Å²) in [5.41, 5.74) is 0. The fraction of sp³-hybridized carbons (Fsp3) is 0.250. The minimum Gasteiger partial charge on any atom is -0.427 e. The molecule has 1 rings (SSSR count). The van der Waals surface area contributed by atoms with Gasteiger partial charge in [0.25, 0.3) is 0 Å². The minimum atomic E-state index is 0.826. The quantitative estimate of drug-likeness (QED) is 0.452. The lowest BCUT2D eigenvalue weighted by Gasteiger charge is -1.80. The van der Waals surface area contributed by atoms with Gasteiger partial charge in [-0.25, -0.2) is 4.98 Å². The maximum absolute atomic E-state index is 8.62. The van der Waals surface area contributed by atoms with Crippen LogP contribution in [-0.2, 0) is 0 Å². The minimum absolute atomic E-state index is 0.826. The molecule has 1 heterocycles. The first-order valence-corrected chi connectivity index (χ1v) is 3.32. The van der Waals surface area contributed by atoms with Gasteiger partial charge in [-0.1, -0.05) is 0 Å². The van der Waals surface area contributed by atoms with Crippen LogP contribution in [0.15, 0.2) is 17.6 Å². The summed E-state index contributed by atoms with van der Waals surface area (Å²) in [5, 5.41) is 9.45. The highest BCUT2D eigenvalue weighted by molar-refractivity contribution is 7.98. The summed E-state index contributed by atoms with van der Waals surface area (Å²) in [6.07, 6.45) is 4.80. The summed E-state index contributed by atoms with van der Waals surface area (Å²) in [6.45, 7) is 0. The van der Waals surface area contributed by atoms with E-state index in [1.54, 1.807) is 6.20 Å². The smallest absolute Gasteiger partial charge is 0.133 e. The molecule has 0 spiro atoms. The third kappa shape index (κ3) is 0.949. The van der Waals surface area contributed by atoms with E-state index in [9.17, 15) is 0 Å². The van der Waals surface area contributed by atoms with Crippen LogP contribution in [0.4, 0.5) is 0 Å². The summed E-state index contributed by atoms with van der Waals surface area (Å²) >= 11 is 1.50. The van der Waals surface area contributed by atoms with E-state index in [-0.39, 0.29) is 0 Å². The molecule has 0 fully saturated rings. The molecule has 1 aromatic rings. The van der Waals surface area contributed by atoms with Gasteiger partial charge in [-0.15, -0.1) is 11.8 Å². The predicted octanol–water partition coefficient (Wildman–Crippen LogP) is 0.842. The predicted molar refractivity (Wildman–Crippen MR) is 31.2 cm³/mol. The second kappa shape index (κ2) is 2.09. The van der Waals surface area contributed by atoms with Crippen molar-refractivity contribution < 1.29 is 5.21 Å². The largest absolute Gasteiger partial charge is 0.427 e. The Morgan fingerprint density at radius 1 is 1.88 bits per heavy atom. The molecule has 44 valence electrons. The van der Waals surface area contributed by atoms with Crippen molar-refractivity contribution in [2.24, 2.45) is 0 Å². The highest BCUT2D eigenvalue weighted by Crippen LogP contribution is 2.08. The molecular weight excluding hydrogens is 124 g/mol. The van der Waals surface area contributed by atoms with E-state index in [1.165, 1.54) is 18.1 Å². The van der Waals surface area contributed by atoms with Crippen LogP contribution in [0.3, 0.4) is 0 Å². The van der Waals surface area contributed by atoms with Crippen LogP contribution in [0.5, 0.6) is 0 Å². The van der Waals surface area contributed by atoms with Gasteiger partial charge in [0, 0.05) is 0 Å². The molecule has 0 aliphatic heterocycles. The van der Waals surface area contributed by atoms with E-state index in [0.29, 0.717) is 0 Å². The number of rotatable bonds is 1. The van der Waals surface area contributed by atoms with Crippen molar-refractivity contribution in [1.29, 1.82) is 0 Å². The maximum atomic E-state index is 8.62. The molecule has 0 aromatic carbocycles. The highest BCUT2D eigenvalue weighted by atomic mass is 32.2. The Hall–Kier alpha value is -0.640. The summed E-state index contributed by atoms with van der Waals surface area (Å²) in [7, 11) is 0. The molecule has 0 bridgehead atoms. The molecule has 0 atom stereocenters. The molecule has 3 nitrogen and oxygen atoms in total. The number of imidazole rings is 1. The molecule has 4 heteroatoms. The fourth-order valence-electron chi connectivity index (χ4n) is 0.401. The first-order valence-electron chi connectivity index (χ1n) is 2.10. The third-order valence-corrected chi connectivity index (χ3v) is 1.38. The van der Waals surface area contributed by atoms with Crippen molar-refractivity contribution in [3.05, 3.63) is 12.5 Å². The van der Waals surface area contributed by atoms with E-state index in [1.807, 2.05) is 6.26 Å². The molecule has 0 saturated carbocycles. The van der Waals surface area contributed by atoms with Gasteiger partial charge in [-0.05, 0) is 6.26 Å². The van der Waals surface area contributed by atoms with Gasteiger partial charge in [-0.2, -0.15) is 4.73 Å². The zero-order chi connectivity index (χ0) is 5.98. The zero-order valence-electron chi connectivity index (χ0n) is 4.40. The molecule has 1 N–H and O–H groups in total. The number of hydrogen-bond acceptors (Lipinski definition) is 3. The summed E-state index contributed by atoms with van der Waals surface area (Å²) in [6, 6.07) is 0. The molecule has 0 unspecified atom stereocenters. The van der Waals surface area contributed by atoms with E-state index in [4.69, 9.17) is 5.21 Å². The van der Waals surface area contributed by atoms with Crippen LogP contribution in [0.2, 0.25) is 0 Å². The highest BCUT2D eigenvalue weighted by Gasteiger charge is 1.90. The first-order chi connectivity index (χ1) is 3.83. The Morgan fingerprint density at radius 2 is 2.62 bits per heavy atom. The maximum Gasteiger partial charge on any atom is 0.133 e. The number of aromatic nitrogens is 2. The second-order valence-electron chi connectivity index (χ2n) is 1.30. The molecule has 0 aliphatic rings. The van der Waals surface area contributed by atoms with Gasteiger partial charge in [-0.3, -0.25) is 0 Å². The zero-order valence-corrected chi connectivity index (χ0v) is 5.22. The molecule has 0 aliphatic carbocycles. The number of thioether (sulfide) groups is 1. The summed E-state index contributed by atoms with van der Waals surface area (Å²) < 4.78 is 0.936. The van der Waals surface area contributed by atoms with Crippen molar-refractivity contribution in [3.8, 4) is 0 Å². The Kier molecular flexibility index (Phi) is 1.43. The third-order valence-electron chi connectivity index (χ3n) is 0.755. The topological polar surface area (TPSA) is 38.0 Å². The van der Waals surface area contributed by atoms with Crippen LogP contribution in [0, 0.1) is 0 Å². The lowest BCUT2D eigenvalue weighted by Crippen LogP contribution is -1.79. The van der Waals surface area contributed by atoms with Gasteiger partial charge in [0.05, 0.1) is 6.20 Å². The van der Waals surface area contributed by atoms with Crippen molar-refractivity contribution in [2.45, 2.75) is 5.03 Å². The van der Waals surface area contributed by atoms with Crippen molar-refractivity contribution in [2.75, 3.05) is 6.26 Å². The van der Waals surface area contributed by atoms with E-state index in [2.05, 4.69) is 4.98 Å². The normalized spacial score (nSPS) is 9.62. The molecule has 8 heavy (non-hydrogen) atoms. The molecule has 1 aromatic heterocycles. The molecular formula is C4H6N2OS. The van der Waals surface area contributed by atoms with Gasteiger partial charge in [0.1, 0.15) is 11.4 Å². The molecule has 0 amide bonds. The monoisotopic (exact) mass is 130 g/mol. The lowest BCUT2D eigenvalue weighted by atomic mass is 10.9. The number of hydrogen-bond donors (Lipinski definition) is 1. The van der Waals surface area contributed by atoms with Crippen LogP contribution in [-0.4, -0.2) is 21.2 Å². The summed E-state index contributed by atoms with van der Waals surface area (Å²) in [4.78, 5) is 3.81. The van der Waals surface area contributed by atoms with Crippen molar-refractivity contribution >= 4 is 11.8 Å². The lowest BCUT2D eigenvalue weighted by molar-refractivity contribution is 0.185. The summed E-state index contributed by atoms with van der Waals surface area (Å²) in [5.74, 6) is 0. The van der Waals surface area contributed by atoms with E-state index in [0.717, 1.165) is 9.76 Å². The second-order valence-corrected chi connectivity index (χ2v) is 2.12. The molecule has 0 saturated heterocycles.